The molecule has 3 rings (SSSR count). The minimum absolute atomic E-state index is 0.0780. The summed E-state index contributed by atoms with van der Waals surface area (Å²) >= 11 is 0. The van der Waals surface area contributed by atoms with Crippen LogP contribution in [0, 0.1) is 0 Å². The monoisotopic (exact) mass is 254 g/mol. The van der Waals surface area contributed by atoms with E-state index in [1.54, 1.807) is 13.2 Å². The summed E-state index contributed by atoms with van der Waals surface area (Å²) in [5.74, 6) is 0.912. The van der Waals surface area contributed by atoms with Crippen LogP contribution >= 0.6 is 0 Å². The Morgan fingerprint density at radius 1 is 1.21 bits per heavy atom. The molecule has 3 aromatic rings. The summed E-state index contributed by atoms with van der Waals surface area (Å²) in [6.07, 6.45) is 0.613. The summed E-state index contributed by atoms with van der Waals surface area (Å²) in [7, 11) is 1.66. The molecule has 0 aliphatic heterocycles. The van der Waals surface area contributed by atoms with Gasteiger partial charge in [-0.15, -0.1) is 0 Å². The number of aromatic nitrogens is 2. The van der Waals surface area contributed by atoms with Crippen molar-refractivity contribution in [3.63, 3.8) is 0 Å². The molecule has 0 amide bonds. The first kappa shape index (κ1) is 11.6. The zero-order chi connectivity index (χ0) is 13.2. The average molecular weight is 254 g/mol. The Bertz CT molecular complexity index is 719. The molecule has 0 bridgehead atoms. The fourth-order valence-corrected chi connectivity index (χ4v) is 2.31. The molecule has 1 heterocycles. The Labute approximate surface area is 110 Å². The molecule has 19 heavy (non-hydrogen) atoms. The van der Waals surface area contributed by atoms with Gasteiger partial charge in [-0.05, 0) is 16.8 Å². The number of nitrogens with one attached hydrogen (secondary N) is 1. The van der Waals surface area contributed by atoms with Crippen LogP contribution in [0.4, 0.5) is 0 Å². The van der Waals surface area contributed by atoms with Gasteiger partial charge in [0.25, 0.3) is 0 Å². The van der Waals surface area contributed by atoms with E-state index in [0.29, 0.717) is 6.42 Å². The van der Waals surface area contributed by atoms with Crippen LogP contribution in [0.3, 0.4) is 0 Å². The highest BCUT2D eigenvalue weighted by Crippen LogP contribution is 2.30. The highest BCUT2D eigenvalue weighted by atomic mass is 16.5. The van der Waals surface area contributed by atoms with Gasteiger partial charge < -0.3 is 9.84 Å². The third-order valence-electron chi connectivity index (χ3n) is 3.19. The Morgan fingerprint density at radius 2 is 2.05 bits per heavy atom. The van der Waals surface area contributed by atoms with Gasteiger partial charge >= 0.3 is 0 Å². The van der Waals surface area contributed by atoms with Crippen LogP contribution in [0.2, 0.25) is 0 Å². The number of rotatable bonds is 3. The molecule has 0 saturated heterocycles. The molecule has 4 heteroatoms. The van der Waals surface area contributed by atoms with E-state index in [9.17, 15) is 5.11 Å². The van der Waals surface area contributed by atoms with E-state index < -0.39 is 0 Å². The van der Waals surface area contributed by atoms with Crippen molar-refractivity contribution < 1.29 is 9.84 Å². The van der Waals surface area contributed by atoms with Gasteiger partial charge in [0, 0.05) is 18.1 Å². The number of aromatic hydroxyl groups is 1. The van der Waals surface area contributed by atoms with Crippen LogP contribution in [-0.4, -0.2) is 22.4 Å². The van der Waals surface area contributed by atoms with E-state index in [4.69, 9.17) is 4.74 Å². The number of methoxy groups -OCH3 is 1. The second-order valence-electron chi connectivity index (χ2n) is 4.39. The summed E-state index contributed by atoms with van der Waals surface area (Å²) in [4.78, 5) is 0. The SMILES string of the molecule is COc1ccc2ccccc2c1Cc1cc(O)[nH]n1. The van der Waals surface area contributed by atoms with E-state index in [0.717, 1.165) is 27.8 Å². The fourth-order valence-electron chi connectivity index (χ4n) is 2.31. The van der Waals surface area contributed by atoms with E-state index in [1.807, 2.05) is 24.3 Å². The van der Waals surface area contributed by atoms with Crippen LogP contribution in [0.15, 0.2) is 42.5 Å². The molecule has 1 aromatic heterocycles. The quantitative estimate of drug-likeness (QED) is 0.755. The van der Waals surface area contributed by atoms with Crippen molar-refractivity contribution in [3.8, 4) is 11.6 Å². The molecule has 2 N–H and O–H groups in total. The lowest BCUT2D eigenvalue weighted by atomic mass is 10.00. The van der Waals surface area contributed by atoms with Gasteiger partial charge in [0.15, 0.2) is 0 Å². The van der Waals surface area contributed by atoms with Crippen LogP contribution in [0.1, 0.15) is 11.3 Å². The predicted molar refractivity (Wildman–Crippen MR) is 73.6 cm³/mol. The highest BCUT2D eigenvalue weighted by Gasteiger charge is 2.10. The van der Waals surface area contributed by atoms with E-state index >= 15 is 0 Å². The summed E-state index contributed by atoms with van der Waals surface area (Å²) < 4.78 is 5.43. The van der Waals surface area contributed by atoms with Gasteiger partial charge in [0.1, 0.15) is 5.75 Å². The molecule has 0 unspecified atom stereocenters. The summed E-state index contributed by atoms with van der Waals surface area (Å²) in [6.45, 7) is 0. The lowest BCUT2D eigenvalue weighted by Crippen LogP contribution is -1.95. The minimum atomic E-state index is 0.0780. The molecule has 0 saturated carbocycles. The van der Waals surface area contributed by atoms with Crippen LogP contribution in [0.5, 0.6) is 11.6 Å². The average Bonchev–Trinajstić information content (AvgIpc) is 2.85. The number of nitrogens with zero attached hydrogens (tertiary/aromatic N) is 1. The number of ether oxygens (including phenoxy) is 1. The zero-order valence-corrected chi connectivity index (χ0v) is 10.6. The van der Waals surface area contributed by atoms with Crippen molar-refractivity contribution >= 4 is 10.8 Å². The van der Waals surface area contributed by atoms with Crippen molar-refractivity contribution in [3.05, 3.63) is 53.7 Å². The topological polar surface area (TPSA) is 58.1 Å². The smallest absolute Gasteiger partial charge is 0.206 e. The number of fused-ring (bicyclic) bond motifs is 1. The fraction of sp³-hybridized carbons (Fsp3) is 0.133. The summed E-state index contributed by atoms with van der Waals surface area (Å²) in [5.41, 5.74) is 1.86. The Balaban J connectivity index is 2.14. The first-order valence-corrected chi connectivity index (χ1v) is 6.06. The van der Waals surface area contributed by atoms with Crippen molar-refractivity contribution in [2.75, 3.05) is 7.11 Å². The third-order valence-corrected chi connectivity index (χ3v) is 3.19. The minimum Gasteiger partial charge on any atom is -0.496 e. The molecule has 0 aliphatic rings. The molecule has 0 aliphatic carbocycles. The maximum atomic E-state index is 9.32. The van der Waals surface area contributed by atoms with Crippen molar-refractivity contribution in [2.45, 2.75) is 6.42 Å². The van der Waals surface area contributed by atoms with Gasteiger partial charge in [-0.25, -0.2) is 5.10 Å². The second kappa shape index (κ2) is 4.65. The van der Waals surface area contributed by atoms with Gasteiger partial charge in [-0.1, -0.05) is 30.3 Å². The van der Waals surface area contributed by atoms with Crippen LogP contribution < -0.4 is 4.74 Å². The Morgan fingerprint density at radius 3 is 2.79 bits per heavy atom. The molecule has 2 aromatic carbocycles. The van der Waals surface area contributed by atoms with E-state index in [1.165, 1.54) is 0 Å². The standard InChI is InChI=1S/C15H14N2O2/c1-19-14-7-6-10-4-2-3-5-12(10)13(14)8-11-9-15(18)17-16-11/h2-7,9H,8H2,1H3,(H2,16,17,18). The van der Waals surface area contributed by atoms with E-state index in [2.05, 4.69) is 22.3 Å². The van der Waals surface area contributed by atoms with E-state index in [-0.39, 0.29) is 5.88 Å². The lowest BCUT2D eigenvalue weighted by Gasteiger charge is -2.11. The molecule has 0 fully saturated rings. The Kier molecular flexibility index (Phi) is 2.83. The Hall–Kier alpha value is -2.49. The summed E-state index contributed by atoms with van der Waals surface area (Å²) in [6, 6.07) is 13.8. The van der Waals surface area contributed by atoms with Crippen molar-refractivity contribution in [1.29, 1.82) is 0 Å². The zero-order valence-electron chi connectivity index (χ0n) is 10.6. The largest absolute Gasteiger partial charge is 0.496 e. The molecule has 4 nitrogen and oxygen atoms in total. The normalized spacial score (nSPS) is 10.8. The molecule has 0 radical (unpaired) electrons. The van der Waals surface area contributed by atoms with Crippen molar-refractivity contribution in [2.24, 2.45) is 0 Å². The molecule has 96 valence electrons. The number of benzene rings is 2. The maximum absolute atomic E-state index is 9.32. The molecule has 0 spiro atoms. The number of hydrogen-bond acceptors (Lipinski definition) is 3. The third kappa shape index (κ3) is 2.12. The highest BCUT2D eigenvalue weighted by molar-refractivity contribution is 5.88. The van der Waals surface area contributed by atoms with Gasteiger partial charge in [0.05, 0.1) is 12.8 Å². The first-order chi connectivity index (χ1) is 9.28. The predicted octanol–water partition coefficient (Wildman–Crippen LogP) is 2.87. The van der Waals surface area contributed by atoms with Crippen molar-refractivity contribution in [1.82, 2.24) is 10.2 Å². The van der Waals surface area contributed by atoms with Gasteiger partial charge in [-0.2, -0.15) is 5.10 Å². The summed E-state index contributed by atoms with van der Waals surface area (Å²) in [5, 5.41) is 18.2. The lowest BCUT2D eigenvalue weighted by molar-refractivity contribution is 0.411. The maximum Gasteiger partial charge on any atom is 0.206 e. The van der Waals surface area contributed by atoms with Crippen LogP contribution in [-0.2, 0) is 6.42 Å². The first-order valence-electron chi connectivity index (χ1n) is 6.06. The number of aromatic amines is 1. The number of H-pyrrole nitrogens is 1. The van der Waals surface area contributed by atoms with Crippen LogP contribution in [0.25, 0.3) is 10.8 Å². The van der Waals surface area contributed by atoms with Gasteiger partial charge in [-0.3, -0.25) is 0 Å². The second-order valence-corrected chi connectivity index (χ2v) is 4.39. The molecular weight excluding hydrogens is 240 g/mol. The molecular formula is C15H14N2O2. The molecule has 0 atom stereocenters. The number of hydrogen-bond donors (Lipinski definition) is 2. The van der Waals surface area contributed by atoms with Gasteiger partial charge in [0.2, 0.25) is 5.88 Å².